The predicted octanol–water partition coefficient (Wildman–Crippen LogP) is 14.3. The average molecular weight is 817 g/mol. The van der Waals surface area contributed by atoms with Crippen LogP contribution in [0.3, 0.4) is 0 Å². The molecule has 0 aliphatic carbocycles. The second-order valence-corrected chi connectivity index (χ2v) is 15.9. The Morgan fingerprint density at radius 2 is 0.766 bits per heavy atom. The second kappa shape index (κ2) is 15.2. The Labute approximate surface area is 369 Å². The third-order valence-corrected chi connectivity index (χ3v) is 12.2. The summed E-state index contributed by atoms with van der Waals surface area (Å²) in [7, 11) is 0. The summed E-state index contributed by atoms with van der Waals surface area (Å²) in [6.45, 7) is 0. The molecule has 9 aromatic carbocycles. The monoisotopic (exact) mass is 816 g/mol. The van der Waals surface area contributed by atoms with E-state index in [0.717, 1.165) is 83.2 Å². The molecule has 0 aliphatic rings. The van der Waals surface area contributed by atoms with Crippen molar-refractivity contribution in [2.75, 3.05) is 0 Å². The number of nitrogens with zero attached hydrogens (tertiary/aromatic N) is 6. The van der Waals surface area contributed by atoms with Crippen LogP contribution in [0.25, 0.3) is 111 Å². The lowest BCUT2D eigenvalue weighted by Crippen LogP contribution is -2.04. The first-order chi connectivity index (χ1) is 31.7. The number of rotatable bonds is 7. The van der Waals surface area contributed by atoms with Gasteiger partial charge >= 0.3 is 0 Å². The zero-order chi connectivity index (χ0) is 42.6. The Balaban J connectivity index is 1.14. The van der Waals surface area contributed by atoms with Crippen molar-refractivity contribution < 1.29 is 0 Å². The maximum atomic E-state index is 9.47. The lowest BCUT2D eigenvalue weighted by molar-refractivity contribution is 1.06. The van der Waals surface area contributed by atoms with Gasteiger partial charge in [-0.3, -0.25) is 0 Å². The van der Waals surface area contributed by atoms with Gasteiger partial charge in [0.05, 0.1) is 45.1 Å². The van der Waals surface area contributed by atoms with Gasteiger partial charge in [0.25, 0.3) is 0 Å². The summed E-state index contributed by atoms with van der Waals surface area (Å²) in [5, 5.41) is 14.1. The molecule has 6 nitrogen and oxygen atoms in total. The lowest BCUT2D eigenvalue weighted by Gasteiger charge is -2.18. The predicted molar refractivity (Wildman–Crippen MR) is 260 cm³/mol. The van der Waals surface area contributed by atoms with E-state index in [1.807, 2.05) is 84.9 Å². The van der Waals surface area contributed by atoms with Gasteiger partial charge in [0.15, 0.2) is 17.5 Å². The average Bonchev–Trinajstić information content (AvgIpc) is 3.89. The van der Waals surface area contributed by atoms with Crippen LogP contribution in [0.2, 0.25) is 0 Å². The quantitative estimate of drug-likeness (QED) is 0.161. The summed E-state index contributed by atoms with van der Waals surface area (Å²) in [5.41, 5.74) is 14.0. The fraction of sp³-hybridized carbons (Fsp3) is 0. The van der Waals surface area contributed by atoms with Crippen LogP contribution in [0.5, 0.6) is 0 Å². The SMILES string of the molecule is N#Cc1ccc(-c2ccc3c(c2)c2ccccc2n3-c2ccc(-c3ccccc3-n3c4ccccc4c4ccccc43)cc2-c2nc(-c3ccccc3)nc(-c3ccccc3)n2)cc1. The summed E-state index contributed by atoms with van der Waals surface area (Å²) in [6, 6.07) is 78.1. The van der Waals surface area contributed by atoms with Gasteiger partial charge in [0, 0.05) is 43.8 Å². The maximum Gasteiger partial charge on any atom is 0.166 e. The highest BCUT2D eigenvalue weighted by Gasteiger charge is 2.22. The minimum Gasteiger partial charge on any atom is -0.309 e. The van der Waals surface area contributed by atoms with Crippen LogP contribution < -0.4 is 0 Å². The summed E-state index contributed by atoms with van der Waals surface area (Å²) >= 11 is 0. The van der Waals surface area contributed by atoms with Crippen LogP contribution in [0.4, 0.5) is 0 Å². The minimum atomic E-state index is 0.569. The molecule has 0 N–H and O–H groups in total. The molecule has 0 bridgehead atoms. The molecule has 0 fully saturated rings. The van der Waals surface area contributed by atoms with E-state index in [1.54, 1.807) is 0 Å². The molecule has 6 heteroatoms. The van der Waals surface area contributed by atoms with Gasteiger partial charge in [0.1, 0.15) is 0 Å². The van der Waals surface area contributed by atoms with E-state index in [1.165, 1.54) is 10.8 Å². The molecule has 0 radical (unpaired) electrons. The Morgan fingerprint density at radius 1 is 0.312 bits per heavy atom. The molecule has 64 heavy (non-hydrogen) atoms. The van der Waals surface area contributed by atoms with Gasteiger partial charge < -0.3 is 9.13 Å². The Bertz CT molecular complexity index is 3670. The van der Waals surface area contributed by atoms with E-state index in [0.29, 0.717) is 23.0 Å². The van der Waals surface area contributed by atoms with Crippen molar-refractivity contribution in [3.05, 3.63) is 224 Å². The van der Waals surface area contributed by atoms with Crippen LogP contribution in [0, 0.1) is 11.3 Å². The van der Waals surface area contributed by atoms with Gasteiger partial charge in [-0.15, -0.1) is 0 Å². The number of para-hydroxylation sites is 4. The van der Waals surface area contributed by atoms with Crippen molar-refractivity contribution in [1.29, 1.82) is 5.26 Å². The van der Waals surface area contributed by atoms with Gasteiger partial charge in [0.2, 0.25) is 0 Å². The Morgan fingerprint density at radius 3 is 1.36 bits per heavy atom. The zero-order valence-corrected chi connectivity index (χ0v) is 34.5. The third kappa shape index (κ3) is 6.14. The van der Waals surface area contributed by atoms with Crippen LogP contribution in [-0.4, -0.2) is 24.1 Å². The van der Waals surface area contributed by atoms with E-state index in [9.17, 15) is 5.26 Å². The summed E-state index contributed by atoms with van der Waals surface area (Å²) < 4.78 is 4.73. The molecule has 0 atom stereocenters. The van der Waals surface area contributed by atoms with Crippen molar-refractivity contribution in [3.63, 3.8) is 0 Å². The number of aromatic nitrogens is 5. The first kappa shape index (κ1) is 36.9. The molecular weight excluding hydrogens is 781 g/mol. The molecule has 12 aromatic rings. The molecule has 0 aliphatic heterocycles. The van der Waals surface area contributed by atoms with Gasteiger partial charge in [-0.2, -0.15) is 5.26 Å². The molecule has 0 saturated heterocycles. The maximum absolute atomic E-state index is 9.47. The van der Waals surface area contributed by atoms with E-state index in [2.05, 4.69) is 149 Å². The topological polar surface area (TPSA) is 72.3 Å². The third-order valence-electron chi connectivity index (χ3n) is 12.2. The van der Waals surface area contributed by atoms with Crippen molar-refractivity contribution in [2.24, 2.45) is 0 Å². The van der Waals surface area contributed by atoms with Crippen molar-refractivity contribution in [2.45, 2.75) is 0 Å². The summed E-state index contributed by atoms with van der Waals surface area (Å²) in [4.78, 5) is 15.7. The standard InChI is InChI=1S/C58H36N6/c59-37-38-27-29-39(30-28-38)42-31-33-54-48(35-42)47-22-10-14-26-53(47)64(54)55-34-32-43(44-19-7-11-23-50(44)63-51-24-12-8-20-45(51)46-21-9-13-25-52(46)63)36-49(55)58-61-56(40-15-3-1-4-16-40)60-57(62-58)41-17-5-2-6-18-41/h1-36H. The zero-order valence-electron chi connectivity index (χ0n) is 34.5. The molecule has 0 amide bonds. The van der Waals surface area contributed by atoms with Gasteiger partial charge in [-0.25, -0.2) is 15.0 Å². The first-order valence-corrected chi connectivity index (χ1v) is 21.3. The molecule has 0 saturated carbocycles. The van der Waals surface area contributed by atoms with Gasteiger partial charge in [-0.05, 0) is 77.4 Å². The molecule has 3 aromatic heterocycles. The highest BCUT2D eigenvalue weighted by molar-refractivity contribution is 6.12. The number of benzene rings is 9. The highest BCUT2D eigenvalue weighted by atomic mass is 15.1. The van der Waals surface area contributed by atoms with E-state index in [4.69, 9.17) is 15.0 Å². The Hall–Kier alpha value is -8.92. The molecule has 12 rings (SSSR count). The Kier molecular flexibility index (Phi) is 8.77. The fourth-order valence-electron chi connectivity index (χ4n) is 9.25. The second-order valence-electron chi connectivity index (χ2n) is 15.9. The van der Waals surface area contributed by atoms with Crippen LogP contribution >= 0.6 is 0 Å². The number of fused-ring (bicyclic) bond motifs is 6. The van der Waals surface area contributed by atoms with Crippen LogP contribution in [-0.2, 0) is 0 Å². The fourth-order valence-corrected chi connectivity index (χ4v) is 9.25. The van der Waals surface area contributed by atoms with Crippen molar-refractivity contribution in [3.8, 4) is 73.9 Å². The molecule has 298 valence electrons. The number of hydrogen-bond acceptors (Lipinski definition) is 4. The van der Waals surface area contributed by atoms with Gasteiger partial charge in [-0.1, -0.05) is 158 Å². The lowest BCUT2D eigenvalue weighted by atomic mass is 9.99. The van der Waals surface area contributed by atoms with E-state index >= 15 is 0 Å². The molecular formula is C58H36N6. The van der Waals surface area contributed by atoms with E-state index < -0.39 is 0 Å². The van der Waals surface area contributed by atoms with Crippen LogP contribution in [0.1, 0.15) is 5.56 Å². The van der Waals surface area contributed by atoms with Crippen molar-refractivity contribution >= 4 is 43.6 Å². The molecule has 0 spiro atoms. The number of hydrogen-bond donors (Lipinski definition) is 0. The first-order valence-electron chi connectivity index (χ1n) is 21.3. The summed E-state index contributed by atoms with van der Waals surface area (Å²) in [6.07, 6.45) is 0. The number of nitriles is 1. The largest absolute Gasteiger partial charge is 0.309 e. The van der Waals surface area contributed by atoms with Crippen LogP contribution in [0.15, 0.2) is 218 Å². The minimum absolute atomic E-state index is 0.569. The molecule has 3 heterocycles. The molecule has 0 unspecified atom stereocenters. The van der Waals surface area contributed by atoms with E-state index in [-0.39, 0.29) is 0 Å². The summed E-state index contributed by atoms with van der Waals surface area (Å²) in [5.74, 6) is 1.76. The highest BCUT2D eigenvalue weighted by Crippen LogP contribution is 2.42. The van der Waals surface area contributed by atoms with Crippen molar-refractivity contribution in [1.82, 2.24) is 24.1 Å². The normalized spacial score (nSPS) is 11.4. The smallest absolute Gasteiger partial charge is 0.166 e.